The van der Waals surface area contributed by atoms with Crippen molar-refractivity contribution in [1.82, 2.24) is 42.5 Å². The zero-order valence-electron chi connectivity index (χ0n) is 52.7. The number of carbonyl (C=O) groups excluding carboxylic acids is 7. The maximum atomic E-state index is 13.8. The average Bonchev–Trinajstić information content (AvgIpc) is 0.867. The van der Waals surface area contributed by atoms with E-state index in [1.165, 1.54) is 27.7 Å². The standard InChI is InChI=1S/C55H99N8O29P/c1-5-93(81,82)92-33-8-6-32(7-9-33)50(78)63-35(52(80)58-16-19-85-22-25-88-55-43(61-31(4)69)49(77)46(74)38(28-66)91-55)11-13-40(71)62-34(51(79)57-15-18-84-21-24-87-54-42(60-30(3)68)48(76)45(73)37(27-65)90-54)10-12-39(70)56-14-17-83-20-23-86-53-41(59-29(2)67)47(75)44(72)36(26-64)89-53/h32-38,41-50,53-55,63-66,72-78H,5-28H2,1-4H3,(H,56,70)(H,57,79)(H,58,80)(H,59,67)(H,60,68)(H,61,69)(H,62,71)(H,81,82). The minimum absolute atomic E-state index is 0.0238. The van der Waals surface area contributed by atoms with E-state index in [9.17, 15) is 94.1 Å². The molecule has 93 heavy (non-hydrogen) atoms. The Kier molecular flexibility index (Phi) is 36.9. The lowest BCUT2D eigenvalue weighted by molar-refractivity contribution is -0.272. The first-order valence-corrected chi connectivity index (χ1v) is 32.8. The molecule has 0 spiro atoms. The first-order chi connectivity index (χ1) is 44.2. The second-order valence-electron chi connectivity index (χ2n) is 22.6. The number of aliphatic hydroxyl groups is 10. The normalized spacial score (nSPS) is 30.5. The zero-order valence-corrected chi connectivity index (χ0v) is 53.6. The smallest absolute Gasteiger partial charge is 0.328 e. The van der Waals surface area contributed by atoms with Crippen molar-refractivity contribution in [3.8, 4) is 0 Å². The van der Waals surface area contributed by atoms with Gasteiger partial charge in [0, 0.05) is 59.4 Å². The Labute approximate surface area is 537 Å². The third-order valence-electron chi connectivity index (χ3n) is 15.5. The molecule has 37 nitrogen and oxygen atoms in total. The molecule has 0 radical (unpaired) electrons. The van der Waals surface area contributed by atoms with Crippen molar-refractivity contribution in [2.24, 2.45) is 5.92 Å². The van der Waals surface area contributed by atoms with Crippen molar-refractivity contribution in [2.75, 3.05) is 105 Å². The minimum Gasteiger partial charge on any atom is -0.394 e. The quantitative estimate of drug-likeness (QED) is 0.0153. The molecule has 4 aliphatic rings. The predicted octanol–water partition coefficient (Wildman–Crippen LogP) is -8.63. The summed E-state index contributed by atoms with van der Waals surface area (Å²) >= 11 is 0. The van der Waals surface area contributed by atoms with E-state index in [1.807, 2.05) is 0 Å². The fraction of sp³-hybridized carbons (Fsp3) is 0.873. The van der Waals surface area contributed by atoms with Crippen LogP contribution in [0.4, 0.5) is 0 Å². The summed E-state index contributed by atoms with van der Waals surface area (Å²) in [6.07, 6.45) is -18.4. The van der Waals surface area contributed by atoms with Gasteiger partial charge in [-0.05, 0) is 44.4 Å². The molecule has 538 valence electrons. The lowest BCUT2D eigenvalue weighted by Gasteiger charge is -2.42. The van der Waals surface area contributed by atoms with Crippen LogP contribution in [0, 0.1) is 5.92 Å². The number of nitrogens with one attached hydrogen (secondary N) is 8. The van der Waals surface area contributed by atoms with Crippen molar-refractivity contribution < 1.29 is 141 Å². The van der Waals surface area contributed by atoms with E-state index in [-0.39, 0.29) is 105 Å². The van der Waals surface area contributed by atoms with Gasteiger partial charge in [0.1, 0.15) is 85.3 Å². The van der Waals surface area contributed by atoms with Crippen LogP contribution >= 0.6 is 7.60 Å². The monoisotopic (exact) mass is 1370 g/mol. The van der Waals surface area contributed by atoms with E-state index in [1.54, 1.807) is 0 Å². The summed E-state index contributed by atoms with van der Waals surface area (Å²) in [4.78, 5) is 99.9. The number of rotatable bonds is 42. The molecule has 38 heteroatoms. The Morgan fingerprint density at radius 2 is 0.871 bits per heavy atom. The van der Waals surface area contributed by atoms with E-state index in [0.29, 0.717) is 25.7 Å². The summed E-state index contributed by atoms with van der Waals surface area (Å²) in [5, 5.41) is 123. The largest absolute Gasteiger partial charge is 0.394 e. The van der Waals surface area contributed by atoms with Crippen LogP contribution in [0.5, 0.6) is 0 Å². The van der Waals surface area contributed by atoms with Gasteiger partial charge in [0.05, 0.1) is 91.4 Å². The number of amides is 7. The highest BCUT2D eigenvalue weighted by atomic mass is 31.2. The summed E-state index contributed by atoms with van der Waals surface area (Å²) in [7, 11) is -3.80. The molecular formula is C55H99N8O29P. The summed E-state index contributed by atoms with van der Waals surface area (Å²) in [5.74, 6) is -4.78. The lowest BCUT2D eigenvalue weighted by atomic mass is 9.86. The fourth-order valence-electron chi connectivity index (χ4n) is 10.4. The Morgan fingerprint density at radius 1 is 0.505 bits per heavy atom. The molecule has 7 amide bonds. The highest BCUT2D eigenvalue weighted by Gasteiger charge is 2.48. The van der Waals surface area contributed by atoms with Crippen LogP contribution in [-0.2, 0) is 85.3 Å². The SMILES string of the molecule is CCP(=O)(O)OC1CCC(C(O)NC(CCC(=O)NC(CCC(=O)NCCOCCOC2OC(CO)C(O)C(O)C2NC(C)=O)C(=O)NCCOCCOC2OC(CO)C(O)C(O)C2NC(C)=O)C(=O)NCCOCCOC2OC(CO)C(O)C(O)C2NC(C)=O)CC1. The molecule has 3 aliphatic heterocycles. The van der Waals surface area contributed by atoms with Crippen LogP contribution in [0.25, 0.3) is 0 Å². The lowest BCUT2D eigenvalue weighted by Crippen LogP contribution is -2.64. The van der Waals surface area contributed by atoms with Gasteiger partial charge in [-0.15, -0.1) is 0 Å². The molecule has 1 aliphatic carbocycles. The van der Waals surface area contributed by atoms with Gasteiger partial charge >= 0.3 is 7.60 Å². The highest BCUT2D eigenvalue weighted by Crippen LogP contribution is 2.45. The van der Waals surface area contributed by atoms with Crippen molar-refractivity contribution >= 4 is 48.9 Å². The van der Waals surface area contributed by atoms with E-state index in [0.717, 1.165) is 0 Å². The molecule has 0 aromatic carbocycles. The molecule has 19 atom stereocenters. The molecule has 3 saturated heterocycles. The first-order valence-electron chi connectivity index (χ1n) is 31.1. The second-order valence-corrected chi connectivity index (χ2v) is 24.8. The Balaban J connectivity index is 1.36. The second kappa shape index (κ2) is 42.3. The van der Waals surface area contributed by atoms with Crippen molar-refractivity contribution in [1.29, 1.82) is 0 Å². The third kappa shape index (κ3) is 28.0. The van der Waals surface area contributed by atoms with Crippen molar-refractivity contribution in [2.45, 2.75) is 195 Å². The minimum atomic E-state index is -3.80. The van der Waals surface area contributed by atoms with Crippen LogP contribution in [0.2, 0.25) is 0 Å². The van der Waals surface area contributed by atoms with E-state index in [2.05, 4.69) is 42.5 Å². The van der Waals surface area contributed by atoms with Crippen LogP contribution in [-0.4, -0.2) is 319 Å². The maximum Gasteiger partial charge on any atom is 0.328 e. The first kappa shape index (κ1) is 81.1. The summed E-state index contributed by atoms with van der Waals surface area (Å²) in [5.41, 5.74) is 0. The number of aliphatic hydroxyl groups excluding tert-OH is 10. The predicted molar refractivity (Wildman–Crippen MR) is 316 cm³/mol. The van der Waals surface area contributed by atoms with Crippen LogP contribution < -0.4 is 42.5 Å². The topological polar surface area (TPSA) is 548 Å². The number of ether oxygens (including phenoxy) is 9. The molecular weight excluding hydrogens is 1270 g/mol. The number of carbonyl (C=O) groups is 7. The van der Waals surface area contributed by atoms with Gasteiger partial charge in [0.25, 0.3) is 0 Å². The fourth-order valence-corrected chi connectivity index (χ4v) is 11.3. The zero-order chi connectivity index (χ0) is 68.8. The Bertz CT molecular complexity index is 2320. The van der Waals surface area contributed by atoms with Gasteiger partial charge in [0.2, 0.25) is 41.4 Å². The molecule has 4 rings (SSSR count). The van der Waals surface area contributed by atoms with E-state index in [4.69, 9.17) is 47.2 Å². The van der Waals surface area contributed by atoms with Crippen LogP contribution in [0.3, 0.4) is 0 Å². The average molecular weight is 1370 g/mol. The molecule has 19 N–H and O–H groups in total. The number of hydrogen-bond acceptors (Lipinski definition) is 29. The summed E-state index contributed by atoms with van der Waals surface area (Å²) in [6, 6.07) is -6.13. The van der Waals surface area contributed by atoms with Gasteiger partial charge in [-0.1, -0.05) is 6.92 Å². The molecule has 0 aromatic rings. The molecule has 19 unspecified atom stereocenters. The van der Waals surface area contributed by atoms with Crippen molar-refractivity contribution in [3.05, 3.63) is 0 Å². The van der Waals surface area contributed by atoms with Gasteiger partial charge < -0.3 is 140 Å². The molecule has 1 saturated carbocycles. The maximum absolute atomic E-state index is 13.8. The van der Waals surface area contributed by atoms with Gasteiger partial charge in [-0.25, -0.2) is 0 Å². The highest BCUT2D eigenvalue weighted by molar-refractivity contribution is 7.52. The van der Waals surface area contributed by atoms with Crippen LogP contribution in [0.15, 0.2) is 0 Å². The summed E-state index contributed by atoms with van der Waals surface area (Å²) < 4.78 is 67.9. The van der Waals surface area contributed by atoms with Crippen molar-refractivity contribution in [3.63, 3.8) is 0 Å². The number of hydrogen-bond donors (Lipinski definition) is 19. The molecule has 4 fully saturated rings. The van der Waals surface area contributed by atoms with Gasteiger partial charge in [-0.2, -0.15) is 0 Å². The molecule has 3 heterocycles. The Hall–Kier alpha value is -4.36. The molecule has 0 aromatic heterocycles. The summed E-state index contributed by atoms with van der Waals surface area (Å²) in [6.45, 7) is 1.91. The molecule has 0 bridgehead atoms. The van der Waals surface area contributed by atoms with Gasteiger partial charge in [-0.3, -0.25) is 43.4 Å². The van der Waals surface area contributed by atoms with Gasteiger partial charge in [0.15, 0.2) is 18.9 Å². The van der Waals surface area contributed by atoms with Crippen LogP contribution in [0.1, 0.15) is 79.1 Å². The van der Waals surface area contributed by atoms with E-state index < -0.39 is 197 Å². The Morgan fingerprint density at radius 3 is 1.25 bits per heavy atom. The third-order valence-corrected chi connectivity index (χ3v) is 16.9. The van der Waals surface area contributed by atoms with E-state index >= 15 is 0 Å².